The lowest BCUT2D eigenvalue weighted by Gasteiger charge is -2.04. The number of carbonyl (C=O) groups excluding carboxylic acids is 2. The Bertz CT molecular complexity index is 373. The van der Waals surface area contributed by atoms with E-state index in [1.807, 2.05) is 12.1 Å². The minimum atomic E-state index is -0.411. The third kappa shape index (κ3) is 4.10. The summed E-state index contributed by atoms with van der Waals surface area (Å²) in [6, 6.07) is 7.20. The van der Waals surface area contributed by atoms with E-state index in [1.54, 1.807) is 17.6 Å². The van der Waals surface area contributed by atoms with Gasteiger partial charge >= 0.3 is 0 Å². The van der Waals surface area contributed by atoms with Crippen LogP contribution in [0.4, 0.5) is 5.69 Å². The summed E-state index contributed by atoms with van der Waals surface area (Å²) in [5.41, 5.74) is 3.27. The molecule has 5 nitrogen and oxygen atoms in total. The van der Waals surface area contributed by atoms with Gasteiger partial charge in [0.05, 0.1) is 0 Å². The van der Waals surface area contributed by atoms with E-state index in [9.17, 15) is 9.59 Å². The van der Waals surface area contributed by atoms with Gasteiger partial charge in [0.15, 0.2) is 0 Å². The maximum absolute atomic E-state index is 10.8. The summed E-state index contributed by atoms with van der Waals surface area (Å²) >= 11 is 0. The van der Waals surface area contributed by atoms with E-state index in [0.29, 0.717) is 6.42 Å². The Hall–Kier alpha value is -1.88. The van der Waals surface area contributed by atoms with Gasteiger partial charge in [-0.25, -0.2) is 5.48 Å². The van der Waals surface area contributed by atoms with Gasteiger partial charge in [-0.05, 0) is 24.1 Å². The average molecular weight is 222 g/mol. The van der Waals surface area contributed by atoms with Crippen LogP contribution in [0.1, 0.15) is 18.9 Å². The zero-order valence-electron chi connectivity index (χ0n) is 8.99. The van der Waals surface area contributed by atoms with Crippen LogP contribution in [-0.2, 0) is 16.0 Å². The summed E-state index contributed by atoms with van der Waals surface area (Å²) < 4.78 is 0. The quantitative estimate of drug-likeness (QED) is 0.527. The van der Waals surface area contributed by atoms with Crippen molar-refractivity contribution in [2.24, 2.45) is 0 Å². The van der Waals surface area contributed by atoms with Crippen LogP contribution in [0.3, 0.4) is 0 Å². The van der Waals surface area contributed by atoms with Crippen molar-refractivity contribution in [1.29, 1.82) is 0 Å². The summed E-state index contributed by atoms with van der Waals surface area (Å²) in [6.45, 7) is 1.44. The second-order valence-electron chi connectivity index (χ2n) is 3.41. The first-order chi connectivity index (χ1) is 7.61. The minimum absolute atomic E-state index is 0.118. The topological polar surface area (TPSA) is 78.4 Å². The molecule has 0 bridgehead atoms. The number of nitrogens with one attached hydrogen (secondary N) is 2. The van der Waals surface area contributed by atoms with Crippen LogP contribution in [0.25, 0.3) is 0 Å². The smallest absolute Gasteiger partial charge is 0.243 e. The van der Waals surface area contributed by atoms with Gasteiger partial charge < -0.3 is 5.32 Å². The van der Waals surface area contributed by atoms with E-state index in [0.717, 1.165) is 11.3 Å². The number of anilines is 1. The molecule has 1 aromatic carbocycles. The molecule has 2 amide bonds. The molecule has 0 aliphatic heterocycles. The Morgan fingerprint density at radius 1 is 1.25 bits per heavy atom. The molecule has 0 aliphatic carbocycles. The van der Waals surface area contributed by atoms with Crippen molar-refractivity contribution in [3.8, 4) is 0 Å². The second-order valence-corrected chi connectivity index (χ2v) is 3.41. The van der Waals surface area contributed by atoms with Gasteiger partial charge in [-0.3, -0.25) is 14.8 Å². The highest BCUT2D eigenvalue weighted by molar-refractivity contribution is 5.88. The van der Waals surface area contributed by atoms with E-state index < -0.39 is 5.91 Å². The fourth-order valence-electron chi connectivity index (χ4n) is 1.27. The maximum atomic E-state index is 10.8. The van der Waals surface area contributed by atoms with Gasteiger partial charge in [0, 0.05) is 19.0 Å². The van der Waals surface area contributed by atoms with Crippen molar-refractivity contribution in [2.45, 2.75) is 19.8 Å². The molecule has 0 aliphatic rings. The molecule has 0 heterocycles. The average Bonchev–Trinajstić information content (AvgIpc) is 2.27. The molecule has 0 saturated heterocycles. The van der Waals surface area contributed by atoms with Crippen LogP contribution in [0.2, 0.25) is 0 Å². The monoisotopic (exact) mass is 222 g/mol. The van der Waals surface area contributed by atoms with Gasteiger partial charge in [-0.15, -0.1) is 0 Å². The minimum Gasteiger partial charge on any atom is -0.326 e. The first-order valence-corrected chi connectivity index (χ1v) is 4.91. The molecule has 0 saturated carbocycles. The third-order valence-corrected chi connectivity index (χ3v) is 2.04. The number of carbonyl (C=O) groups is 2. The van der Waals surface area contributed by atoms with E-state index in [2.05, 4.69) is 5.32 Å². The van der Waals surface area contributed by atoms with E-state index >= 15 is 0 Å². The Kier molecular flexibility index (Phi) is 4.47. The standard InChI is InChI=1S/C11H14N2O3/c1-8(14)12-10-5-2-9(3-6-10)4-7-11(15)13-16/h2-3,5-6,16H,4,7H2,1H3,(H,12,14)(H,13,15). The number of hydrogen-bond acceptors (Lipinski definition) is 3. The van der Waals surface area contributed by atoms with Crippen LogP contribution in [0.5, 0.6) is 0 Å². The zero-order chi connectivity index (χ0) is 12.0. The Labute approximate surface area is 93.4 Å². The summed E-state index contributed by atoms with van der Waals surface area (Å²) in [4.78, 5) is 21.5. The Morgan fingerprint density at radius 2 is 1.88 bits per heavy atom. The number of benzene rings is 1. The first-order valence-electron chi connectivity index (χ1n) is 4.91. The molecule has 5 heteroatoms. The molecule has 3 N–H and O–H groups in total. The molecule has 86 valence electrons. The lowest BCUT2D eigenvalue weighted by Crippen LogP contribution is -2.18. The summed E-state index contributed by atoms with van der Waals surface area (Å²) in [7, 11) is 0. The van der Waals surface area contributed by atoms with Gasteiger partial charge in [0.1, 0.15) is 0 Å². The zero-order valence-corrected chi connectivity index (χ0v) is 8.99. The van der Waals surface area contributed by atoms with E-state index in [1.165, 1.54) is 6.92 Å². The SMILES string of the molecule is CC(=O)Nc1ccc(CCC(=O)NO)cc1. The largest absolute Gasteiger partial charge is 0.326 e. The summed E-state index contributed by atoms with van der Waals surface area (Å²) in [5.74, 6) is -0.529. The van der Waals surface area contributed by atoms with E-state index in [4.69, 9.17) is 5.21 Å². The van der Waals surface area contributed by atoms with Crippen LogP contribution in [0.15, 0.2) is 24.3 Å². The third-order valence-electron chi connectivity index (χ3n) is 2.04. The normalized spacial score (nSPS) is 9.62. The van der Waals surface area contributed by atoms with Crippen LogP contribution < -0.4 is 10.8 Å². The molecular weight excluding hydrogens is 208 g/mol. The van der Waals surface area contributed by atoms with E-state index in [-0.39, 0.29) is 12.3 Å². The fraction of sp³-hybridized carbons (Fsp3) is 0.273. The first kappa shape index (κ1) is 12.2. The highest BCUT2D eigenvalue weighted by Crippen LogP contribution is 2.10. The molecule has 0 radical (unpaired) electrons. The van der Waals surface area contributed by atoms with Gasteiger partial charge in [-0.2, -0.15) is 0 Å². The lowest BCUT2D eigenvalue weighted by molar-refractivity contribution is -0.129. The van der Waals surface area contributed by atoms with Crippen molar-refractivity contribution in [3.63, 3.8) is 0 Å². The van der Waals surface area contributed by atoms with Gasteiger partial charge in [-0.1, -0.05) is 12.1 Å². The van der Waals surface area contributed by atoms with Gasteiger partial charge in [0.2, 0.25) is 11.8 Å². The number of aryl methyl sites for hydroxylation is 1. The van der Waals surface area contributed by atoms with Crippen molar-refractivity contribution >= 4 is 17.5 Å². The number of rotatable bonds is 4. The van der Waals surface area contributed by atoms with Crippen molar-refractivity contribution in [2.75, 3.05) is 5.32 Å². The molecule has 0 fully saturated rings. The van der Waals surface area contributed by atoms with Gasteiger partial charge in [0.25, 0.3) is 0 Å². The second kappa shape index (κ2) is 5.87. The molecule has 1 aromatic rings. The molecule has 0 atom stereocenters. The van der Waals surface area contributed by atoms with Crippen LogP contribution in [0, 0.1) is 0 Å². The summed E-state index contributed by atoms with van der Waals surface area (Å²) in [5, 5.41) is 11.0. The van der Waals surface area contributed by atoms with Crippen molar-refractivity contribution in [3.05, 3.63) is 29.8 Å². The van der Waals surface area contributed by atoms with Crippen LogP contribution >= 0.6 is 0 Å². The van der Waals surface area contributed by atoms with Crippen molar-refractivity contribution in [1.82, 2.24) is 5.48 Å². The molecule has 16 heavy (non-hydrogen) atoms. The predicted octanol–water partition coefficient (Wildman–Crippen LogP) is 1.08. The molecule has 0 aromatic heterocycles. The number of amides is 2. The molecular formula is C11H14N2O3. The molecule has 0 spiro atoms. The number of hydrogen-bond donors (Lipinski definition) is 3. The highest BCUT2D eigenvalue weighted by atomic mass is 16.5. The Morgan fingerprint density at radius 3 is 2.38 bits per heavy atom. The highest BCUT2D eigenvalue weighted by Gasteiger charge is 2.01. The summed E-state index contributed by atoms with van der Waals surface area (Å²) in [6.07, 6.45) is 0.780. The Balaban J connectivity index is 2.51. The predicted molar refractivity (Wildman–Crippen MR) is 59.0 cm³/mol. The van der Waals surface area contributed by atoms with Crippen LogP contribution in [-0.4, -0.2) is 17.0 Å². The lowest BCUT2D eigenvalue weighted by atomic mass is 10.1. The molecule has 1 rings (SSSR count). The van der Waals surface area contributed by atoms with Crippen molar-refractivity contribution < 1.29 is 14.8 Å². The number of hydroxylamine groups is 1. The fourth-order valence-corrected chi connectivity index (χ4v) is 1.27. The maximum Gasteiger partial charge on any atom is 0.243 e. The molecule has 0 unspecified atom stereocenters.